The van der Waals surface area contributed by atoms with Crippen LogP contribution in [0.5, 0.6) is 0 Å². The fraction of sp³-hybridized carbons (Fsp3) is 1.00. The standard InChI is InChI=1S/C19H36/c1-3-11-18(13-7-5-8-14-18)17-19(12-4-2)15-9-6-10-16-19/h3-17H2,1-2H3. The maximum Gasteiger partial charge on any atom is -0.0292 e. The monoisotopic (exact) mass is 264 g/mol. The highest BCUT2D eigenvalue weighted by Gasteiger charge is 2.41. The molecule has 0 radical (unpaired) electrons. The van der Waals surface area contributed by atoms with Crippen molar-refractivity contribution >= 4 is 0 Å². The van der Waals surface area contributed by atoms with Crippen LogP contribution < -0.4 is 0 Å². The fourth-order valence-corrected chi connectivity index (χ4v) is 5.49. The minimum atomic E-state index is 0.750. The first-order valence-corrected chi connectivity index (χ1v) is 9.24. The van der Waals surface area contributed by atoms with Crippen LogP contribution in [0, 0.1) is 10.8 Å². The van der Waals surface area contributed by atoms with Gasteiger partial charge in [-0.1, -0.05) is 65.2 Å². The molecule has 0 aliphatic heterocycles. The Morgan fingerprint density at radius 3 is 1.26 bits per heavy atom. The number of hydrogen-bond donors (Lipinski definition) is 0. The lowest BCUT2D eigenvalue weighted by Crippen LogP contribution is -2.35. The minimum Gasteiger partial charge on any atom is -0.0654 e. The maximum absolute atomic E-state index is 2.41. The molecule has 2 rings (SSSR count). The van der Waals surface area contributed by atoms with E-state index in [1.807, 2.05) is 0 Å². The van der Waals surface area contributed by atoms with Crippen molar-refractivity contribution in [1.29, 1.82) is 0 Å². The molecule has 0 bridgehead atoms. The highest BCUT2D eigenvalue weighted by atomic mass is 14.5. The van der Waals surface area contributed by atoms with Gasteiger partial charge in [-0.25, -0.2) is 0 Å². The smallest absolute Gasteiger partial charge is 0.0292 e. The second-order valence-electron chi connectivity index (χ2n) is 7.80. The molecule has 112 valence electrons. The van der Waals surface area contributed by atoms with Crippen LogP contribution in [0.15, 0.2) is 0 Å². The van der Waals surface area contributed by atoms with Gasteiger partial charge >= 0.3 is 0 Å². The minimum absolute atomic E-state index is 0.750. The van der Waals surface area contributed by atoms with E-state index in [-0.39, 0.29) is 0 Å². The zero-order chi connectivity index (χ0) is 13.6. The van der Waals surface area contributed by atoms with Gasteiger partial charge in [0.15, 0.2) is 0 Å². The first-order chi connectivity index (χ1) is 9.24. The predicted octanol–water partition coefficient (Wildman–Crippen LogP) is 6.88. The second kappa shape index (κ2) is 7.14. The third kappa shape index (κ3) is 3.99. The van der Waals surface area contributed by atoms with Crippen LogP contribution >= 0.6 is 0 Å². The molecule has 0 amide bonds. The van der Waals surface area contributed by atoms with Crippen LogP contribution in [0.25, 0.3) is 0 Å². The molecule has 0 spiro atoms. The van der Waals surface area contributed by atoms with Crippen LogP contribution in [0.3, 0.4) is 0 Å². The quantitative estimate of drug-likeness (QED) is 0.490. The van der Waals surface area contributed by atoms with Gasteiger partial charge in [0, 0.05) is 0 Å². The topological polar surface area (TPSA) is 0 Å². The van der Waals surface area contributed by atoms with E-state index >= 15 is 0 Å². The van der Waals surface area contributed by atoms with E-state index in [9.17, 15) is 0 Å². The van der Waals surface area contributed by atoms with E-state index in [1.54, 1.807) is 32.1 Å². The molecule has 0 aromatic heterocycles. The predicted molar refractivity (Wildman–Crippen MR) is 85.5 cm³/mol. The summed E-state index contributed by atoms with van der Waals surface area (Å²) in [7, 11) is 0. The van der Waals surface area contributed by atoms with Crippen molar-refractivity contribution in [2.45, 2.75) is 110 Å². The third-order valence-corrected chi connectivity index (χ3v) is 6.14. The van der Waals surface area contributed by atoms with Gasteiger partial charge in [-0.2, -0.15) is 0 Å². The van der Waals surface area contributed by atoms with Crippen LogP contribution in [-0.4, -0.2) is 0 Å². The van der Waals surface area contributed by atoms with Crippen molar-refractivity contribution in [3.05, 3.63) is 0 Å². The summed E-state index contributed by atoms with van der Waals surface area (Å²) in [5.41, 5.74) is 1.50. The van der Waals surface area contributed by atoms with Gasteiger partial charge < -0.3 is 0 Å². The summed E-state index contributed by atoms with van der Waals surface area (Å²) in [5.74, 6) is 0. The highest BCUT2D eigenvalue weighted by molar-refractivity contribution is 4.92. The summed E-state index contributed by atoms with van der Waals surface area (Å²) in [6.07, 6.45) is 22.7. The highest BCUT2D eigenvalue weighted by Crippen LogP contribution is 2.54. The maximum atomic E-state index is 2.41. The second-order valence-corrected chi connectivity index (χ2v) is 7.80. The van der Waals surface area contributed by atoms with E-state index in [0.717, 1.165) is 10.8 Å². The van der Waals surface area contributed by atoms with Gasteiger partial charge in [0.25, 0.3) is 0 Å². The molecule has 2 aliphatic carbocycles. The van der Waals surface area contributed by atoms with Crippen molar-refractivity contribution in [2.24, 2.45) is 10.8 Å². The van der Waals surface area contributed by atoms with E-state index in [2.05, 4.69) is 13.8 Å². The van der Waals surface area contributed by atoms with Gasteiger partial charge in [0.1, 0.15) is 0 Å². The molecule has 0 heterocycles. The Morgan fingerprint density at radius 1 is 0.579 bits per heavy atom. The van der Waals surface area contributed by atoms with Crippen molar-refractivity contribution in [1.82, 2.24) is 0 Å². The molecule has 2 fully saturated rings. The first kappa shape index (κ1) is 15.4. The van der Waals surface area contributed by atoms with Crippen LogP contribution in [-0.2, 0) is 0 Å². The first-order valence-electron chi connectivity index (χ1n) is 9.24. The van der Waals surface area contributed by atoms with Crippen molar-refractivity contribution in [3.63, 3.8) is 0 Å². The SMILES string of the molecule is CCCC1(CC2(CCC)CCCCC2)CCCCC1. The van der Waals surface area contributed by atoms with Gasteiger partial charge in [-0.3, -0.25) is 0 Å². The lowest BCUT2D eigenvalue weighted by atomic mass is 9.58. The Bertz CT molecular complexity index is 204. The largest absolute Gasteiger partial charge is 0.0654 e. The van der Waals surface area contributed by atoms with Crippen molar-refractivity contribution in [3.8, 4) is 0 Å². The Labute approximate surface area is 121 Å². The molecule has 0 N–H and O–H groups in total. The average Bonchev–Trinajstić information content (AvgIpc) is 2.41. The summed E-state index contributed by atoms with van der Waals surface area (Å²) >= 11 is 0. The Morgan fingerprint density at radius 2 is 0.947 bits per heavy atom. The van der Waals surface area contributed by atoms with Crippen LogP contribution in [0.2, 0.25) is 0 Å². The molecule has 0 aromatic carbocycles. The average molecular weight is 264 g/mol. The molecule has 0 nitrogen and oxygen atoms in total. The summed E-state index contributed by atoms with van der Waals surface area (Å²) in [6, 6.07) is 0. The molecule has 0 heteroatoms. The molecule has 19 heavy (non-hydrogen) atoms. The molecule has 2 aliphatic rings. The van der Waals surface area contributed by atoms with E-state index in [1.165, 1.54) is 64.2 Å². The Balaban J connectivity index is 2.07. The zero-order valence-electron chi connectivity index (χ0n) is 13.6. The van der Waals surface area contributed by atoms with Crippen LogP contribution in [0.1, 0.15) is 110 Å². The van der Waals surface area contributed by atoms with Crippen LogP contribution in [0.4, 0.5) is 0 Å². The van der Waals surface area contributed by atoms with Crippen molar-refractivity contribution < 1.29 is 0 Å². The van der Waals surface area contributed by atoms with Gasteiger partial charge in [0.05, 0.1) is 0 Å². The molecular weight excluding hydrogens is 228 g/mol. The lowest BCUT2D eigenvalue weighted by Gasteiger charge is -2.48. The lowest BCUT2D eigenvalue weighted by molar-refractivity contribution is 0.0409. The van der Waals surface area contributed by atoms with E-state index in [4.69, 9.17) is 0 Å². The van der Waals surface area contributed by atoms with Gasteiger partial charge in [-0.05, 0) is 55.8 Å². The molecule has 0 saturated heterocycles. The number of hydrogen-bond acceptors (Lipinski definition) is 0. The molecule has 0 atom stereocenters. The van der Waals surface area contributed by atoms with Gasteiger partial charge in [0.2, 0.25) is 0 Å². The normalized spacial score (nSPS) is 26.2. The van der Waals surface area contributed by atoms with Crippen molar-refractivity contribution in [2.75, 3.05) is 0 Å². The molecule has 0 unspecified atom stereocenters. The third-order valence-electron chi connectivity index (χ3n) is 6.14. The van der Waals surface area contributed by atoms with Gasteiger partial charge in [-0.15, -0.1) is 0 Å². The fourth-order valence-electron chi connectivity index (χ4n) is 5.49. The Hall–Kier alpha value is 0. The summed E-state index contributed by atoms with van der Waals surface area (Å²) in [5, 5.41) is 0. The summed E-state index contributed by atoms with van der Waals surface area (Å²) in [6.45, 7) is 4.81. The van der Waals surface area contributed by atoms with E-state index in [0.29, 0.717) is 0 Å². The Kier molecular flexibility index (Phi) is 5.78. The number of rotatable bonds is 6. The summed E-state index contributed by atoms with van der Waals surface area (Å²) in [4.78, 5) is 0. The molecule has 2 saturated carbocycles. The molecular formula is C19H36. The zero-order valence-corrected chi connectivity index (χ0v) is 13.6. The van der Waals surface area contributed by atoms with E-state index < -0.39 is 0 Å². The summed E-state index contributed by atoms with van der Waals surface area (Å²) < 4.78 is 0. The molecule has 0 aromatic rings.